The number of aliphatic hydroxyl groups is 2. The Morgan fingerprint density at radius 3 is 2.10 bits per heavy atom. The molecular weight excluding hydrogens is 530 g/mol. The number of carbonyl (C=O) groups excluding carboxylic acids is 5. The minimum Gasteiger partial charge on any atom is -0.480 e. The number of carbonyl (C=O) groups is 6. The molecule has 1 aromatic heterocycles. The molecule has 2 aromatic rings. The maximum atomic E-state index is 13.0. The molecule has 1 heterocycles. The number of carboxylic acid groups (broad SMARTS) is 1. The molecule has 40 heavy (non-hydrogen) atoms. The van der Waals surface area contributed by atoms with E-state index in [1.807, 2.05) is 0 Å². The van der Waals surface area contributed by atoms with Gasteiger partial charge in [-0.1, -0.05) is 18.2 Å². The summed E-state index contributed by atoms with van der Waals surface area (Å²) in [5, 5.41) is 40.1. The second-order valence-electron chi connectivity index (χ2n) is 8.72. The van der Waals surface area contributed by atoms with Gasteiger partial charge >= 0.3 is 5.97 Å². The molecule has 0 unspecified atom stereocenters. The lowest BCUT2D eigenvalue weighted by Crippen LogP contribution is -2.58. The van der Waals surface area contributed by atoms with Crippen LogP contribution in [0.1, 0.15) is 12.5 Å². The van der Waals surface area contributed by atoms with Crippen LogP contribution >= 0.6 is 0 Å². The van der Waals surface area contributed by atoms with Crippen molar-refractivity contribution in [2.45, 2.75) is 37.5 Å². The number of hydrogen-bond donors (Lipinski definition) is 10. The molecule has 0 aliphatic carbocycles. The average Bonchev–Trinajstić information content (AvgIpc) is 3.34. The lowest BCUT2D eigenvalue weighted by atomic mass is 10.0. The molecule has 0 aliphatic rings. The van der Waals surface area contributed by atoms with Gasteiger partial charge in [-0.05, 0) is 18.6 Å². The van der Waals surface area contributed by atoms with Gasteiger partial charge in [0.05, 0.1) is 26.3 Å². The van der Waals surface area contributed by atoms with Crippen LogP contribution in [0, 0.1) is 0 Å². The van der Waals surface area contributed by atoms with Crippen molar-refractivity contribution >= 4 is 46.4 Å². The van der Waals surface area contributed by atoms with Gasteiger partial charge in [0, 0.05) is 23.5 Å². The number of fused-ring (bicyclic) bond motifs is 1. The number of carboxylic acids is 1. The summed E-state index contributed by atoms with van der Waals surface area (Å²) in [4.78, 5) is 75.9. The molecule has 0 saturated heterocycles. The van der Waals surface area contributed by atoms with Crippen LogP contribution in [-0.2, 0) is 35.2 Å². The third-order valence-corrected chi connectivity index (χ3v) is 5.75. The van der Waals surface area contributed by atoms with Crippen molar-refractivity contribution in [3.63, 3.8) is 0 Å². The maximum Gasteiger partial charge on any atom is 0.328 e. The summed E-state index contributed by atoms with van der Waals surface area (Å²) >= 11 is 0. The van der Waals surface area contributed by atoms with Crippen LogP contribution in [0.25, 0.3) is 10.9 Å². The van der Waals surface area contributed by atoms with Gasteiger partial charge in [0.2, 0.25) is 29.5 Å². The van der Waals surface area contributed by atoms with Crippen molar-refractivity contribution < 1.29 is 44.1 Å². The van der Waals surface area contributed by atoms with E-state index in [4.69, 9.17) is 5.73 Å². The lowest BCUT2D eigenvalue weighted by molar-refractivity contribution is -0.143. The van der Waals surface area contributed by atoms with Gasteiger partial charge < -0.3 is 52.6 Å². The van der Waals surface area contributed by atoms with E-state index in [1.165, 1.54) is 6.92 Å². The van der Waals surface area contributed by atoms with Gasteiger partial charge in [-0.25, -0.2) is 4.79 Å². The highest BCUT2D eigenvalue weighted by atomic mass is 16.4. The summed E-state index contributed by atoms with van der Waals surface area (Å²) in [7, 11) is 0. The Balaban J connectivity index is 2.11. The van der Waals surface area contributed by atoms with Crippen molar-refractivity contribution in [1.29, 1.82) is 0 Å². The first-order chi connectivity index (χ1) is 19.0. The molecule has 0 radical (unpaired) electrons. The molecule has 11 N–H and O–H groups in total. The van der Waals surface area contributed by atoms with E-state index in [0.717, 1.165) is 10.9 Å². The van der Waals surface area contributed by atoms with E-state index in [1.54, 1.807) is 30.5 Å². The number of nitrogens with one attached hydrogen (secondary N) is 6. The number of amides is 5. The minimum absolute atomic E-state index is 0.0656. The summed E-state index contributed by atoms with van der Waals surface area (Å²) in [5.41, 5.74) is 6.53. The van der Waals surface area contributed by atoms with Crippen molar-refractivity contribution in [2.24, 2.45) is 5.73 Å². The third kappa shape index (κ3) is 9.04. The van der Waals surface area contributed by atoms with E-state index >= 15 is 0 Å². The quantitative estimate of drug-likeness (QED) is 0.0998. The van der Waals surface area contributed by atoms with E-state index in [0.29, 0.717) is 5.56 Å². The molecule has 0 saturated carbocycles. The van der Waals surface area contributed by atoms with Gasteiger partial charge in [-0.3, -0.25) is 24.0 Å². The molecule has 2 rings (SSSR count). The largest absolute Gasteiger partial charge is 0.480 e. The van der Waals surface area contributed by atoms with Gasteiger partial charge in [0.25, 0.3) is 0 Å². The van der Waals surface area contributed by atoms with Crippen LogP contribution in [-0.4, -0.2) is 106 Å². The van der Waals surface area contributed by atoms with Crippen LogP contribution in [0.4, 0.5) is 0 Å². The molecule has 0 fully saturated rings. The van der Waals surface area contributed by atoms with Crippen molar-refractivity contribution in [1.82, 2.24) is 31.6 Å². The van der Waals surface area contributed by atoms with Crippen LogP contribution in [0.2, 0.25) is 0 Å². The predicted octanol–water partition coefficient (Wildman–Crippen LogP) is -4.19. The maximum absolute atomic E-state index is 13.0. The SMILES string of the molecule is C[C@H](NC(=O)[C@H](CO)NC(=O)CNC(=O)CN)C(=O)N[C@@H](Cc1c[nH]c2ccccc12)C(=O)N[C@@H](CO)C(=O)O. The number of hydrogen-bond acceptors (Lipinski definition) is 9. The van der Waals surface area contributed by atoms with E-state index in [-0.39, 0.29) is 13.0 Å². The molecule has 0 spiro atoms. The summed E-state index contributed by atoms with van der Waals surface area (Å²) < 4.78 is 0. The normalized spacial score (nSPS) is 13.8. The Bertz CT molecular complexity index is 1230. The first-order valence-electron chi connectivity index (χ1n) is 12.2. The number of aliphatic carboxylic acids is 1. The Hall–Kier alpha value is -4.54. The van der Waals surface area contributed by atoms with Crippen LogP contribution in [0.5, 0.6) is 0 Å². The van der Waals surface area contributed by atoms with Gasteiger partial charge in [-0.2, -0.15) is 0 Å². The molecule has 16 heteroatoms. The van der Waals surface area contributed by atoms with Gasteiger partial charge in [-0.15, -0.1) is 0 Å². The summed E-state index contributed by atoms with van der Waals surface area (Å²) in [5.74, 6) is -5.52. The molecule has 16 nitrogen and oxygen atoms in total. The van der Waals surface area contributed by atoms with E-state index in [2.05, 4.69) is 31.6 Å². The standard InChI is InChI=1S/C24H33N7O9/c1-12(28-23(38)17(10-32)29-20(35)9-27-19(34)7-25)21(36)30-16(22(37)31-18(11-33)24(39)40)6-13-8-26-15-5-3-2-4-14(13)15/h2-5,8,12,16-18,26,32-33H,6-7,9-11,25H2,1H3,(H,27,34)(H,28,38)(H,29,35)(H,30,36)(H,31,37)(H,39,40)/t12-,16-,17-,18-/m0/s1. The van der Waals surface area contributed by atoms with Crippen molar-refractivity contribution in [3.05, 3.63) is 36.0 Å². The highest BCUT2D eigenvalue weighted by Crippen LogP contribution is 2.19. The van der Waals surface area contributed by atoms with Gasteiger partial charge in [0.1, 0.15) is 24.2 Å². The fraction of sp³-hybridized carbons (Fsp3) is 0.417. The smallest absolute Gasteiger partial charge is 0.328 e. The molecule has 4 atom stereocenters. The zero-order valence-corrected chi connectivity index (χ0v) is 21.6. The number of nitrogens with two attached hydrogens (primary N) is 1. The Morgan fingerprint density at radius 2 is 1.48 bits per heavy atom. The topological polar surface area (TPSA) is 265 Å². The molecule has 218 valence electrons. The van der Waals surface area contributed by atoms with Crippen LogP contribution in [0.3, 0.4) is 0 Å². The fourth-order valence-corrected chi connectivity index (χ4v) is 3.55. The Labute approximate surface area is 228 Å². The summed E-state index contributed by atoms with van der Waals surface area (Å²) in [6.45, 7) is -1.25. The zero-order chi connectivity index (χ0) is 29.8. The van der Waals surface area contributed by atoms with E-state index < -0.39 is 79.4 Å². The monoisotopic (exact) mass is 563 g/mol. The highest BCUT2D eigenvalue weighted by Gasteiger charge is 2.30. The van der Waals surface area contributed by atoms with E-state index in [9.17, 15) is 44.1 Å². The predicted molar refractivity (Wildman–Crippen MR) is 139 cm³/mol. The highest BCUT2D eigenvalue weighted by molar-refractivity contribution is 5.96. The Morgan fingerprint density at radius 1 is 0.850 bits per heavy atom. The second-order valence-corrected chi connectivity index (χ2v) is 8.72. The minimum atomic E-state index is -1.62. The number of rotatable bonds is 15. The molecule has 0 aliphatic heterocycles. The summed E-state index contributed by atoms with van der Waals surface area (Å²) in [6, 6.07) is 1.54. The average molecular weight is 564 g/mol. The number of aliphatic hydroxyl groups excluding tert-OH is 2. The number of para-hydroxylation sites is 1. The molecule has 1 aromatic carbocycles. The molecule has 0 bridgehead atoms. The summed E-state index contributed by atoms with van der Waals surface area (Å²) in [6.07, 6.45) is 1.57. The zero-order valence-electron chi connectivity index (χ0n) is 21.6. The first kappa shape index (κ1) is 31.7. The van der Waals surface area contributed by atoms with Crippen molar-refractivity contribution in [2.75, 3.05) is 26.3 Å². The lowest BCUT2D eigenvalue weighted by Gasteiger charge is -2.24. The number of aromatic amines is 1. The van der Waals surface area contributed by atoms with Crippen molar-refractivity contribution in [3.8, 4) is 0 Å². The van der Waals surface area contributed by atoms with Crippen LogP contribution < -0.4 is 32.3 Å². The Kier molecular flexibility index (Phi) is 12.0. The fourth-order valence-electron chi connectivity index (χ4n) is 3.55. The first-order valence-corrected chi connectivity index (χ1v) is 12.2. The number of H-pyrrole nitrogens is 1. The third-order valence-electron chi connectivity index (χ3n) is 5.75. The molecular formula is C24H33N7O9. The second kappa shape index (κ2) is 15.2. The van der Waals surface area contributed by atoms with Crippen LogP contribution in [0.15, 0.2) is 30.5 Å². The number of benzene rings is 1. The number of aromatic nitrogens is 1. The molecule has 5 amide bonds. The van der Waals surface area contributed by atoms with Gasteiger partial charge in [0.15, 0.2) is 0 Å².